The Balaban J connectivity index is 2.16. The van der Waals surface area contributed by atoms with Gasteiger partial charge in [-0.2, -0.15) is 0 Å². The van der Waals surface area contributed by atoms with Crippen LogP contribution >= 0.6 is 0 Å². The lowest BCUT2D eigenvalue weighted by Gasteiger charge is -2.27. The van der Waals surface area contributed by atoms with E-state index in [0.29, 0.717) is 19.4 Å². The van der Waals surface area contributed by atoms with Gasteiger partial charge in [-0.3, -0.25) is 9.69 Å². The minimum Gasteiger partial charge on any atom is -0.463 e. The van der Waals surface area contributed by atoms with E-state index in [2.05, 4.69) is 29.4 Å². The van der Waals surface area contributed by atoms with Gasteiger partial charge in [-0.25, -0.2) is 4.79 Å². The van der Waals surface area contributed by atoms with Crippen LogP contribution in [-0.4, -0.2) is 75.4 Å². The van der Waals surface area contributed by atoms with Gasteiger partial charge in [0.15, 0.2) is 0 Å². The van der Waals surface area contributed by atoms with Crippen LogP contribution in [-0.2, 0) is 19.1 Å². The molecule has 276 valence electrons. The quantitative estimate of drug-likeness (QED) is 0.0406. The number of carbonyl (C=O) groups excluding carboxylic acids is 2. The first-order chi connectivity index (χ1) is 23.2. The Morgan fingerprint density at radius 1 is 0.681 bits per heavy atom. The maximum atomic E-state index is 13.1. The number of unbranched alkanes of at least 4 members (excludes halogenated alkanes) is 20. The number of carbonyl (C=O) groups is 2. The van der Waals surface area contributed by atoms with Crippen LogP contribution in [0.4, 0.5) is 0 Å². The van der Waals surface area contributed by atoms with Gasteiger partial charge in [0.05, 0.1) is 25.9 Å². The molecule has 0 aromatic rings. The van der Waals surface area contributed by atoms with Crippen molar-refractivity contribution >= 4 is 11.9 Å². The van der Waals surface area contributed by atoms with E-state index in [1.807, 2.05) is 6.08 Å². The van der Waals surface area contributed by atoms with Crippen molar-refractivity contribution in [2.45, 2.75) is 180 Å². The van der Waals surface area contributed by atoms with E-state index in [1.54, 1.807) is 6.08 Å². The summed E-state index contributed by atoms with van der Waals surface area (Å²) in [6.07, 6.45) is 34.5. The molecule has 0 aromatic heterocycles. The Morgan fingerprint density at radius 2 is 1.21 bits per heavy atom. The molecule has 0 radical (unpaired) electrons. The van der Waals surface area contributed by atoms with Crippen molar-refractivity contribution in [2.24, 2.45) is 0 Å². The van der Waals surface area contributed by atoms with E-state index in [1.165, 1.54) is 122 Å². The maximum Gasteiger partial charge on any atom is 0.330 e. The SMILES string of the molecule is CCCCCCC/C=C/C(=O)OCCCC(NCCCN1CCOCC1)C(=O)NCCCCCCCCCCCCCCCCCC. The molecule has 47 heavy (non-hydrogen) atoms. The van der Waals surface area contributed by atoms with Crippen LogP contribution in [0.25, 0.3) is 0 Å². The fourth-order valence-electron chi connectivity index (χ4n) is 6.29. The summed E-state index contributed by atoms with van der Waals surface area (Å²) < 4.78 is 10.9. The van der Waals surface area contributed by atoms with Crippen LogP contribution < -0.4 is 10.6 Å². The minimum absolute atomic E-state index is 0.0756. The number of ether oxygens (including phenoxy) is 2. The molecule has 1 aliphatic rings. The number of esters is 1. The summed E-state index contributed by atoms with van der Waals surface area (Å²) >= 11 is 0. The molecule has 1 rings (SSSR count). The van der Waals surface area contributed by atoms with Gasteiger partial charge in [0.1, 0.15) is 0 Å². The van der Waals surface area contributed by atoms with E-state index < -0.39 is 0 Å². The summed E-state index contributed by atoms with van der Waals surface area (Å²) in [7, 11) is 0. The van der Waals surface area contributed by atoms with Crippen LogP contribution in [0.15, 0.2) is 12.2 Å². The number of nitrogens with zero attached hydrogens (tertiary/aromatic N) is 1. The Morgan fingerprint density at radius 3 is 1.79 bits per heavy atom. The second-order valence-electron chi connectivity index (χ2n) is 13.8. The third-order valence-corrected chi connectivity index (χ3v) is 9.40. The van der Waals surface area contributed by atoms with Crippen LogP contribution in [0, 0.1) is 0 Å². The van der Waals surface area contributed by atoms with E-state index in [4.69, 9.17) is 9.47 Å². The van der Waals surface area contributed by atoms with Gasteiger partial charge in [0.25, 0.3) is 0 Å². The lowest BCUT2D eigenvalue weighted by molar-refractivity contribution is -0.137. The third-order valence-electron chi connectivity index (χ3n) is 9.40. The number of rotatable bonds is 34. The Kier molecular flexibility index (Phi) is 31.9. The molecule has 7 nitrogen and oxygen atoms in total. The molecule has 1 aliphatic heterocycles. The molecular formula is C40H77N3O4. The monoisotopic (exact) mass is 664 g/mol. The number of amides is 1. The average molecular weight is 664 g/mol. The van der Waals surface area contributed by atoms with Crippen molar-refractivity contribution in [3.8, 4) is 0 Å². The topological polar surface area (TPSA) is 79.9 Å². The molecule has 0 aromatic carbocycles. The average Bonchev–Trinajstić information content (AvgIpc) is 3.08. The van der Waals surface area contributed by atoms with Crippen LogP contribution in [0.3, 0.4) is 0 Å². The van der Waals surface area contributed by atoms with Crippen molar-refractivity contribution in [1.82, 2.24) is 15.5 Å². The molecule has 1 unspecified atom stereocenters. The Bertz CT molecular complexity index is 726. The summed E-state index contributed by atoms with van der Waals surface area (Å²) in [5.74, 6) is -0.201. The number of hydrogen-bond donors (Lipinski definition) is 2. The molecule has 1 atom stereocenters. The van der Waals surface area contributed by atoms with Gasteiger partial charge in [-0.1, -0.05) is 142 Å². The van der Waals surface area contributed by atoms with E-state index in [-0.39, 0.29) is 17.9 Å². The molecule has 0 saturated carbocycles. The summed E-state index contributed by atoms with van der Waals surface area (Å²) in [5, 5.41) is 6.67. The summed E-state index contributed by atoms with van der Waals surface area (Å²) in [4.78, 5) is 27.6. The molecule has 1 amide bonds. The highest BCUT2D eigenvalue weighted by atomic mass is 16.5. The molecule has 2 N–H and O–H groups in total. The molecule has 1 fully saturated rings. The molecule has 1 heterocycles. The van der Waals surface area contributed by atoms with E-state index in [9.17, 15) is 9.59 Å². The van der Waals surface area contributed by atoms with Crippen molar-refractivity contribution in [3.63, 3.8) is 0 Å². The number of allylic oxidation sites excluding steroid dienone is 1. The zero-order valence-electron chi connectivity index (χ0n) is 31.1. The molecular weight excluding hydrogens is 586 g/mol. The second-order valence-corrected chi connectivity index (χ2v) is 13.8. The summed E-state index contributed by atoms with van der Waals surface area (Å²) in [5.41, 5.74) is 0. The van der Waals surface area contributed by atoms with Gasteiger partial charge in [-0.05, 0) is 51.6 Å². The number of nitrogens with one attached hydrogen (secondary N) is 2. The summed E-state index contributed by atoms with van der Waals surface area (Å²) in [6, 6.07) is -0.252. The van der Waals surface area contributed by atoms with Gasteiger partial charge in [0, 0.05) is 25.7 Å². The fraction of sp³-hybridized carbons (Fsp3) is 0.900. The fourth-order valence-corrected chi connectivity index (χ4v) is 6.29. The van der Waals surface area contributed by atoms with Crippen molar-refractivity contribution in [3.05, 3.63) is 12.2 Å². The highest BCUT2D eigenvalue weighted by Gasteiger charge is 2.18. The van der Waals surface area contributed by atoms with Crippen molar-refractivity contribution < 1.29 is 19.1 Å². The maximum absolute atomic E-state index is 13.1. The van der Waals surface area contributed by atoms with Crippen LogP contribution in [0.1, 0.15) is 174 Å². The first kappa shape index (κ1) is 43.6. The predicted molar refractivity (Wildman–Crippen MR) is 199 cm³/mol. The number of morpholine rings is 1. The van der Waals surface area contributed by atoms with E-state index in [0.717, 1.165) is 71.6 Å². The zero-order chi connectivity index (χ0) is 33.9. The number of hydrogen-bond acceptors (Lipinski definition) is 6. The largest absolute Gasteiger partial charge is 0.463 e. The third kappa shape index (κ3) is 29.2. The normalized spacial score (nSPS) is 14.5. The second kappa shape index (κ2) is 34.4. The van der Waals surface area contributed by atoms with Gasteiger partial charge >= 0.3 is 5.97 Å². The highest BCUT2D eigenvalue weighted by Crippen LogP contribution is 2.14. The van der Waals surface area contributed by atoms with Crippen LogP contribution in [0.5, 0.6) is 0 Å². The predicted octanol–water partition coefficient (Wildman–Crippen LogP) is 9.28. The van der Waals surface area contributed by atoms with Crippen molar-refractivity contribution in [1.29, 1.82) is 0 Å². The van der Waals surface area contributed by atoms with Crippen molar-refractivity contribution in [2.75, 3.05) is 52.5 Å². The molecule has 1 saturated heterocycles. The summed E-state index contributed by atoms with van der Waals surface area (Å²) in [6.45, 7) is 11.0. The first-order valence-corrected chi connectivity index (χ1v) is 20.3. The standard InChI is InChI=1S/C40H77N3O4/c1-3-5-7-9-11-12-13-14-15-16-17-18-19-21-23-25-30-42-40(45)38(41-31-27-32-43-33-36-46-37-34-43)28-26-35-47-39(44)29-24-22-20-10-8-6-4-2/h24,29,38,41H,3-23,25-28,30-37H2,1-2H3,(H,42,45)/b29-24+. The molecule has 7 heteroatoms. The van der Waals surface area contributed by atoms with Gasteiger partial charge in [0.2, 0.25) is 5.91 Å². The Labute approximate surface area is 291 Å². The zero-order valence-corrected chi connectivity index (χ0v) is 31.1. The van der Waals surface area contributed by atoms with Crippen LogP contribution in [0.2, 0.25) is 0 Å². The molecule has 0 spiro atoms. The van der Waals surface area contributed by atoms with E-state index >= 15 is 0 Å². The first-order valence-electron chi connectivity index (χ1n) is 20.3. The Hall–Kier alpha value is -1.44. The smallest absolute Gasteiger partial charge is 0.330 e. The molecule has 0 bridgehead atoms. The highest BCUT2D eigenvalue weighted by molar-refractivity contribution is 5.82. The lowest BCUT2D eigenvalue weighted by Crippen LogP contribution is -2.45. The minimum atomic E-state index is -0.276. The van der Waals surface area contributed by atoms with Gasteiger partial charge in [-0.15, -0.1) is 0 Å². The lowest BCUT2D eigenvalue weighted by atomic mass is 10.0. The van der Waals surface area contributed by atoms with Gasteiger partial charge < -0.3 is 20.1 Å². The molecule has 0 aliphatic carbocycles.